The van der Waals surface area contributed by atoms with E-state index < -0.39 is 26.4 Å². The number of hydrogen-bond donors (Lipinski definition) is 1. The summed E-state index contributed by atoms with van der Waals surface area (Å²) in [6.07, 6.45) is 0. The molecular weight excluding hydrogens is 322 g/mol. The van der Waals surface area contributed by atoms with Crippen LogP contribution in [-0.2, 0) is 14.6 Å². The van der Waals surface area contributed by atoms with Crippen molar-refractivity contribution in [2.45, 2.75) is 22.4 Å². The molecule has 2 aromatic carbocycles. The summed E-state index contributed by atoms with van der Waals surface area (Å²) < 4.78 is 25.3. The zero-order valence-corrected chi connectivity index (χ0v) is 13.5. The van der Waals surface area contributed by atoms with Gasteiger partial charge < -0.3 is 5.32 Å². The van der Waals surface area contributed by atoms with Crippen LogP contribution in [0.3, 0.4) is 0 Å². The van der Waals surface area contributed by atoms with E-state index >= 15 is 0 Å². The van der Waals surface area contributed by atoms with Gasteiger partial charge in [-0.3, -0.25) is 4.79 Å². The second kappa shape index (κ2) is 6.94. The molecule has 2 atom stereocenters. The summed E-state index contributed by atoms with van der Waals surface area (Å²) in [6.45, 7) is 1.50. The number of para-hydroxylation sites is 1. The molecule has 4 nitrogen and oxygen atoms in total. The maximum atomic E-state index is 12.7. The van der Waals surface area contributed by atoms with Gasteiger partial charge in [0.1, 0.15) is 0 Å². The summed E-state index contributed by atoms with van der Waals surface area (Å²) in [6, 6.07) is 16.5. The van der Waals surface area contributed by atoms with E-state index in [0.717, 1.165) is 0 Å². The fraction of sp³-hybridized carbons (Fsp3) is 0.188. The Bertz CT molecular complexity index is 731. The Kier molecular flexibility index (Phi) is 5.21. The lowest BCUT2D eigenvalue weighted by atomic mass is 10.2. The number of alkyl halides is 1. The van der Waals surface area contributed by atoms with Crippen LogP contribution in [0.15, 0.2) is 65.6 Å². The van der Waals surface area contributed by atoms with E-state index in [1.165, 1.54) is 19.1 Å². The largest absolute Gasteiger partial charge is 0.325 e. The van der Waals surface area contributed by atoms with Gasteiger partial charge in [0.05, 0.1) is 10.3 Å². The van der Waals surface area contributed by atoms with Gasteiger partial charge in [-0.25, -0.2) is 8.42 Å². The van der Waals surface area contributed by atoms with Crippen molar-refractivity contribution in [3.05, 3.63) is 60.7 Å². The number of nitrogens with one attached hydrogen (secondary N) is 1. The minimum Gasteiger partial charge on any atom is -0.325 e. The van der Waals surface area contributed by atoms with Gasteiger partial charge >= 0.3 is 0 Å². The molecule has 0 spiro atoms. The maximum Gasteiger partial charge on any atom is 0.244 e. The molecule has 0 radical (unpaired) electrons. The maximum absolute atomic E-state index is 12.7. The molecule has 22 heavy (non-hydrogen) atoms. The Morgan fingerprint density at radius 3 is 2.00 bits per heavy atom. The Morgan fingerprint density at radius 1 is 1.00 bits per heavy atom. The van der Waals surface area contributed by atoms with Crippen LogP contribution in [0.25, 0.3) is 0 Å². The van der Waals surface area contributed by atoms with E-state index in [9.17, 15) is 13.2 Å². The van der Waals surface area contributed by atoms with Crippen molar-refractivity contribution in [1.29, 1.82) is 0 Å². The summed E-state index contributed by atoms with van der Waals surface area (Å²) in [5, 5.41) is 0.366. The number of halogens is 1. The van der Waals surface area contributed by atoms with Gasteiger partial charge in [-0.2, -0.15) is 0 Å². The van der Waals surface area contributed by atoms with E-state index in [2.05, 4.69) is 5.32 Å². The van der Waals surface area contributed by atoms with Gasteiger partial charge in [-0.15, -0.1) is 11.6 Å². The first-order valence-electron chi connectivity index (χ1n) is 6.72. The number of sulfone groups is 1. The van der Waals surface area contributed by atoms with E-state index in [1.807, 2.05) is 0 Å². The number of benzene rings is 2. The highest BCUT2D eigenvalue weighted by atomic mass is 35.5. The lowest BCUT2D eigenvalue weighted by Gasteiger charge is -2.19. The zero-order chi connectivity index (χ0) is 16.2. The van der Waals surface area contributed by atoms with Gasteiger partial charge in [-0.05, 0) is 31.2 Å². The van der Waals surface area contributed by atoms with Gasteiger partial charge in [0, 0.05) is 5.69 Å². The van der Waals surface area contributed by atoms with Gasteiger partial charge in [0.25, 0.3) is 0 Å². The molecule has 1 N–H and O–H groups in total. The second-order valence-corrected chi connectivity index (χ2v) is 7.57. The van der Waals surface area contributed by atoms with E-state index in [0.29, 0.717) is 5.69 Å². The van der Waals surface area contributed by atoms with Crippen LogP contribution in [0.1, 0.15) is 6.92 Å². The number of amides is 1. The average Bonchev–Trinajstić information content (AvgIpc) is 2.48. The van der Waals surface area contributed by atoms with Crippen molar-refractivity contribution < 1.29 is 13.2 Å². The molecule has 116 valence electrons. The van der Waals surface area contributed by atoms with E-state index in [-0.39, 0.29) is 4.90 Å². The first-order valence-corrected chi connectivity index (χ1v) is 8.70. The van der Waals surface area contributed by atoms with Crippen molar-refractivity contribution in [3.8, 4) is 0 Å². The van der Waals surface area contributed by atoms with Crippen molar-refractivity contribution in [1.82, 2.24) is 0 Å². The molecule has 1 amide bonds. The number of hydrogen-bond acceptors (Lipinski definition) is 3. The molecule has 0 aliphatic rings. The van der Waals surface area contributed by atoms with Crippen molar-refractivity contribution >= 4 is 33.0 Å². The summed E-state index contributed by atoms with van der Waals surface area (Å²) in [7, 11) is -3.86. The minimum absolute atomic E-state index is 0.0794. The highest BCUT2D eigenvalue weighted by Gasteiger charge is 2.37. The molecule has 0 heterocycles. The molecule has 2 rings (SSSR count). The highest BCUT2D eigenvalue weighted by molar-refractivity contribution is 7.93. The SMILES string of the molecule is C[C@@H](Cl)[C@H](C(=O)Nc1ccccc1)S(=O)(=O)c1ccccc1. The minimum atomic E-state index is -3.86. The lowest BCUT2D eigenvalue weighted by molar-refractivity contribution is -0.115. The van der Waals surface area contributed by atoms with Gasteiger partial charge in [-0.1, -0.05) is 36.4 Å². The first-order chi connectivity index (χ1) is 10.4. The summed E-state index contributed by atoms with van der Waals surface area (Å²) in [4.78, 5) is 12.5. The molecule has 0 saturated heterocycles. The average molecular weight is 338 g/mol. The lowest BCUT2D eigenvalue weighted by Crippen LogP contribution is -2.40. The third-order valence-electron chi connectivity index (χ3n) is 3.12. The molecule has 0 aliphatic carbocycles. The Labute approximate surface area is 135 Å². The molecule has 0 aromatic heterocycles. The van der Waals surface area contributed by atoms with Gasteiger partial charge in [0.15, 0.2) is 15.1 Å². The van der Waals surface area contributed by atoms with Crippen LogP contribution in [-0.4, -0.2) is 25.0 Å². The molecule has 0 fully saturated rings. The van der Waals surface area contributed by atoms with Crippen molar-refractivity contribution in [2.24, 2.45) is 0 Å². The van der Waals surface area contributed by atoms with Crippen LogP contribution < -0.4 is 5.32 Å². The molecule has 0 aliphatic heterocycles. The predicted molar refractivity (Wildman–Crippen MR) is 87.8 cm³/mol. The zero-order valence-electron chi connectivity index (χ0n) is 11.9. The molecule has 0 saturated carbocycles. The third-order valence-corrected chi connectivity index (χ3v) is 5.74. The second-order valence-electron chi connectivity index (χ2n) is 4.81. The Hall–Kier alpha value is -1.85. The summed E-state index contributed by atoms with van der Waals surface area (Å²) >= 11 is 6.00. The van der Waals surface area contributed by atoms with Crippen molar-refractivity contribution in [2.75, 3.05) is 5.32 Å². The Balaban J connectivity index is 2.32. The predicted octanol–water partition coefficient (Wildman–Crippen LogP) is 3.09. The summed E-state index contributed by atoms with van der Waals surface area (Å²) in [5.41, 5.74) is 0.526. The normalized spacial score (nSPS) is 14.1. The van der Waals surface area contributed by atoms with Crippen LogP contribution >= 0.6 is 11.6 Å². The van der Waals surface area contributed by atoms with Crippen molar-refractivity contribution in [3.63, 3.8) is 0 Å². The molecule has 2 aromatic rings. The number of rotatable bonds is 5. The molecule has 0 unspecified atom stereocenters. The summed E-state index contributed by atoms with van der Waals surface area (Å²) in [5.74, 6) is -0.641. The van der Waals surface area contributed by atoms with Gasteiger partial charge in [0.2, 0.25) is 5.91 Å². The monoisotopic (exact) mass is 337 g/mol. The topological polar surface area (TPSA) is 63.2 Å². The van der Waals surface area contributed by atoms with E-state index in [4.69, 9.17) is 11.6 Å². The number of carbonyl (C=O) groups is 1. The number of carbonyl (C=O) groups excluding carboxylic acids is 1. The van der Waals surface area contributed by atoms with Crippen LogP contribution in [0, 0.1) is 0 Å². The highest BCUT2D eigenvalue weighted by Crippen LogP contribution is 2.22. The standard InChI is InChI=1S/C16H16ClNO3S/c1-12(17)15(16(19)18-13-8-4-2-5-9-13)22(20,21)14-10-6-3-7-11-14/h2-12,15H,1H3,(H,18,19)/t12-,15-/m1/s1. The quantitative estimate of drug-likeness (QED) is 0.853. The third kappa shape index (κ3) is 3.67. The smallest absolute Gasteiger partial charge is 0.244 e. The molecular formula is C16H16ClNO3S. The molecule has 6 heteroatoms. The van der Waals surface area contributed by atoms with Crippen LogP contribution in [0.2, 0.25) is 0 Å². The molecule has 0 bridgehead atoms. The fourth-order valence-corrected chi connectivity index (χ4v) is 4.27. The fourth-order valence-electron chi connectivity index (χ4n) is 2.09. The van der Waals surface area contributed by atoms with Crippen LogP contribution in [0.4, 0.5) is 5.69 Å². The Morgan fingerprint density at radius 2 is 1.50 bits per heavy atom. The van der Waals surface area contributed by atoms with E-state index in [1.54, 1.807) is 48.5 Å². The number of anilines is 1. The first kappa shape index (κ1) is 16.5. The van der Waals surface area contributed by atoms with Crippen LogP contribution in [0.5, 0.6) is 0 Å².